The Balaban J connectivity index is 0.00000256. The van der Waals surface area contributed by atoms with Crippen molar-refractivity contribution >= 4 is 12.4 Å². The van der Waals surface area contributed by atoms with Crippen molar-refractivity contribution in [3.8, 4) is 0 Å². The van der Waals surface area contributed by atoms with Gasteiger partial charge < -0.3 is 10.8 Å². The van der Waals surface area contributed by atoms with Crippen LogP contribution in [0.4, 0.5) is 17.6 Å². The zero-order valence-electron chi connectivity index (χ0n) is 8.67. The monoisotopic (exact) mass is 273 g/mol. The fraction of sp³-hybridized carbons (Fsp3) is 0.400. The van der Waals surface area contributed by atoms with Crippen LogP contribution >= 0.6 is 12.4 Å². The van der Waals surface area contributed by atoms with Gasteiger partial charge in [-0.1, -0.05) is 12.1 Å². The number of nitrogens with two attached hydrogens (primary N) is 1. The van der Waals surface area contributed by atoms with Gasteiger partial charge >= 0.3 is 6.18 Å². The third-order valence-corrected chi connectivity index (χ3v) is 2.17. The van der Waals surface area contributed by atoms with Crippen LogP contribution < -0.4 is 5.73 Å². The molecule has 17 heavy (non-hydrogen) atoms. The summed E-state index contributed by atoms with van der Waals surface area (Å²) in [6.45, 7) is -0.309. The van der Waals surface area contributed by atoms with E-state index in [2.05, 4.69) is 0 Å². The van der Waals surface area contributed by atoms with E-state index in [-0.39, 0.29) is 31.0 Å². The van der Waals surface area contributed by atoms with Crippen LogP contribution in [0, 0.1) is 5.82 Å². The van der Waals surface area contributed by atoms with Gasteiger partial charge in [0.05, 0.1) is 5.56 Å². The van der Waals surface area contributed by atoms with Gasteiger partial charge in [0.25, 0.3) is 0 Å². The number of rotatable bonds is 3. The number of alkyl halides is 3. The SMILES string of the molecule is Cl.NC(CCO)c1cccc(C(F)(F)F)c1F. The van der Waals surface area contributed by atoms with E-state index in [4.69, 9.17) is 10.8 Å². The predicted molar refractivity (Wildman–Crippen MR) is 57.3 cm³/mol. The maximum absolute atomic E-state index is 13.5. The molecule has 1 unspecified atom stereocenters. The summed E-state index contributed by atoms with van der Waals surface area (Å²) in [6.07, 6.45) is -4.72. The molecule has 0 saturated heterocycles. The molecule has 0 saturated carbocycles. The molecule has 0 radical (unpaired) electrons. The van der Waals surface area contributed by atoms with Crippen LogP contribution in [-0.2, 0) is 6.18 Å². The van der Waals surface area contributed by atoms with Crippen LogP contribution in [0.25, 0.3) is 0 Å². The van der Waals surface area contributed by atoms with Crippen molar-refractivity contribution < 1.29 is 22.7 Å². The second-order valence-electron chi connectivity index (χ2n) is 3.33. The highest BCUT2D eigenvalue weighted by Gasteiger charge is 2.35. The van der Waals surface area contributed by atoms with Crippen molar-refractivity contribution in [2.45, 2.75) is 18.6 Å². The van der Waals surface area contributed by atoms with Crippen LogP contribution in [0.15, 0.2) is 18.2 Å². The summed E-state index contributed by atoms with van der Waals surface area (Å²) < 4.78 is 50.5. The Kier molecular flexibility index (Phi) is 5.87. The number of benzene rings is 1. The highest BCUT2D eigenvalue weighted by Crippen LogP contribution is 2.33. The maximum Gasteiger partial charge on any atom is 0.419 e. The molecule has 0 spiro atoms. The Morgan fingerprint density at radius 2 is 1.88 bits per heavy atom. The zero-order chi connectivity index (χ0) is 12.3. The number of aliphatic hydroxyl groups is 1. The Bertz CT molecular complexity index is 370. The topological polar surface area (TPSA) is 46.2 Å². The number of halogens is 5. The number of hydrogen-bond donors (Lipinski definition) is 2. The van der Waals surface area contributed by atoms with Gasteiger partial charge in [-0.05, 0) is 12.5 Å². The Morgan fingerprint density at radius 1 is 1.29 bits per heavy atom. The number of aliphatic hydroxyl groups excluding tert-OH is 1. The first-order chi connectivity index (χ1) is 7.38. The van der Waals surface area contributed by atoms with Gasteiger partial charge in [-0.2, -0.15) is 13.2 Å². The molecule has 1 aromatic carbocycles. The first-order valence-electron chi connectivity index (χ1n) is 4.60. The van der Waals surface area contributed by atoms with Crippen molar-refractivity contribution in [1.29, 1.82) is 0 Å². The van der Waals surface area contributed by atoms with Crippen molar-refractivity contribution in [3.63, 3.8) is 0 Å². The van der Waals surface area contributed by atoms with Gasteiger partial charge in [-0.15, -0.1) is 12.4 Å². The Labute approximate surface area is 102 Å². The average molecular weight is 274 g/mol. The molecule has 0 aliphatic heterocycles. The summed E-state index contributed by atoms with van der Waals surface area (Å²) in [4.78, 5) is 0. The highest BCUT2D eigenvalue weighted by molar-refractivity contribution is 5.85. The van der Waals surface area contributed by atoms with E-state index in [1.165, 1.54) is 6.07 Å². The fourth-order valence-electron chi connectivity index (χ4n) is 1.35. The van der Waals surface area contributed by atoms with E-state index in [1.54, 1.807) is 0 Å². The van der Waals surface area contributed by atoms with E-state index in [0.29, 0.717) is 6.07 Å². The first-order valence-corrected chi connectivity index (χ1v) is 4.60. The third-order valence-electron chi connectivity index (χ3n) is 2.17. The van der Waals surface area contributed by atoms with Crippen LogP contribution in [0.2, 0.25) is 0 Å². The Hall–Kier alpha value is -0.850. The zero-order valence-corrected chi connectivity index (χ0v) is 9.48. The minimum atomic E-state index is -4.74. The quantitative estimate of drug-likeness (QED) is 0.832. The summed E-state index contributed by atoms with van der Waals surface area (Å²) in [5.41, 5.74) is 3.88. The normalized spacial score (nSPS) is 13.1. The van der Waals surface area contributed by atoms with E-state index in [0.717, 1.165) is 6.07 Å². The molecule has 2 nitrogen and oxygen atoms in total. The molecule has 0 amide bonds. The summed E-state index contributed by atoms with van der Waals surface area (Å²) in [7, 11) is 0. The minimum absolute atomic E-state index is 0. The fourth-order valence-corrected chi connectivity index (χ4v) is 1.35. The van der Waals surface area contributed by atoms with Crippen molar-refractivity contribution in [2.75, 3.05) is 6.61 Å². The largest absolute Gasteiger partial charge is 0.419 e. The summed E-state index contributed by atoms with van der Waals surface area (Å²) in [6, 6.07) is 2.00. The van der Waals surface area contributed by atoms with E-state index in [1.807, 2.05) is 0 Å². The molecule has 1 rings (SSSR count). The minimum Gasteiger partial charge on any atom is -0.396 e. The molecule has 0 bridgehead atoms. The van der Waals surface area contributed by atoms with Crippen molar-refractivity contribution in [3.05, 3.63) is 35.1 Å². The van der Waals surface area contributed by atoms with Crippen LogP contribution in [0.3, 0.4) is 0 Å². The molecule has 98 valence electrons. The second-order valence-corrected chi connectivity index (χ2v) is 3.33. The molecule has 3 N–H and O–H groups in total. The molecule has 1 aromatic rings. The van der Waals surface area contributed by atoms with Gasteiger partial charge in [0.1, 0.15) is 5.82 Å². The lowest BCUT2D eigenvalue weighted by atomic mass is 10.0. The molecule has 0 heterocycles. The summed E-state index contributed by atoms with van der Waals surface area (Å²) in [5, 5.41) is 8.59. The predicted octanol–water partition coefficient (Wildman–Crippen LogP) is 2.65. The van der Waals surface area contributed by atoms with Gasteiger partial charge in [0, 0.05) is 18.2 Å². The van der Waals surface area contributed by atoms with Gasteiger partial charge in [-0.3, -0.25) is 0 Å². The molecule has 7 heteroatoms. The van der Waals surface area contributed by atoms with Gasteiger partial charge in [0.15, 0.2) is 0 Å². The number of hydrogen-bond acceptors (Lipinski definition) is 2. The molecule has 0 fully saturated rings. The highest BCUT2D eigenvalue weighted by atomic mass is 35.5. The summed E-state index contributed by atoms with van der Waals surface area (Å²) in [5.74, 6) is -1.36. The van der Waals surface area contributed by atoms with Crippen LogP contribution in [-0.4, -0.2) is 11.7 Å². The molecular weight excluding hydrogens is 262 g/mol. The average Bonchev–Trinajstić information content (AvgIpc) is 2.16. The van der Waals surface area contributed by atoms with E-state index < -0.39 is 23.6 Å². The Morgan fingerprint density at radius 3 is 2.35 bits per heavy atom. The van der Waals surface area contributed by atoms with Gasteiger partial charge in [-0.25, -0.2) is 4.39 Å². The second kappa shape index (κ2) is 6.18. The smallest absolute Gasteiger partial charge is 0.396 e. The molecular formula is C10H12ClF4NO. The summed E-state index contributed by atoms with van der Waals surface area (Å²) >= 11 is 0. The maximum atomic E-state index is 13.5. The molecule has 1 atom stereocenters. The molecule has 0 aromatic heterocycles. The third kappa shape index (κ3) is 3.83. The lowest BCUT2D eigenvalue weighted by molar-refractivity contribution is -0.140. The lowest BCUT2D eigenvalue weighted by Gasteiger charge is -2.15. The van der Waals surface area contributed by atoms with Crippen LogP contribution in [0.5, 0.6) is 0 Å². The first kappa shape index (κ1) is 16.1. The standard InChI is InChI=1S/C10H11F4NO.ClH/c11-9-6(8(15)4-5-16)2-1-3-7(9)10(12,13)14;/h1-3,8,16H,4-5,15H2;1H. The molecule has 0 aliphatic rings. The van der Waals surface area contributed by atoms with E-state index >= 15 is 0 Å². The van der Waals surface area contributed by atoms with Crippen molar-refractivity contribution in [1.82, 2.24) is 0 Å². The van der Waals surface area contributed by atoms with Crippen molar-refractivity contribution in [2.24, 2.45) is 5.73 Å². The van der Waals surface area contributed by atoms with Gasteiger partial charge in [0.2, 0.25) is 0 Å². The molecule has 0 aliphatic carbocycles. The van der Waals surface area contributed by atoms with E-state index in [9.17, 15) is 17.6 Å². The lowest BCUT2D eigenvalue weighted by Crippen LogP contribution is -2.17. The van der Waals surface area contributed by atoms with Crippen LogP contribution in [0.1, 0.15) is 23.6 Å².